The molecule has 1 aliphatic heterocycles. The van der Waals surface area contributed by atoms with Crippen LogP contribution in [0.2, 0.25) is 0 Å². The highest BCUT2D eigenvalue weighted by molar-refractivity contribution is 5.96. The Balaban J connectivity index is 1.91. The van der Waals surface area contributed by atoms with Crippen LogP contribution in [0.15, 0.2) is 36.4 Å². The number of Topliss-reactive ketones (excluding diaryl/α,β-unsaturated/α-hetero) is 1. The quantitative estimate of drug-likeness (QED) is 0.701. The predicted octanol–water partition coefficient (Wildman–Crippen LogP) is 4.64. The highest BCUT2D eigenvalue weighted by atomic mass is 19.4. The molecule has 1 N–H and O–H groups in total. The first-order valence-electron chi connectivity index (χ1n) is 6.31. The van der Waals surface area contributed by atoms with Gasteiger partial charge in [-0.2, -0.15) is 0 Å². The third-order valence-corrected chi connectivity index (χ3v) is 3.06. The smallest absolute Gasteiger partial charge is 0.453 e. The largest absolute Gasteiger partial charge is 0.573 e. The summed E-state index contributed by atoms with van der Waals surface area (Å²) in [6, 6.07) is 8.55. The minimum Gasteiger partial charge on any atom is -0.453 e. The van der Waals surface area contributed by atoms with Crippen molar-refractivity contribution in [3.8, 4) is 17.2 Å². The molecule has 0 saturated carbocycles. The maximum absolute atomic E-state index is 12.2. The molecule has 2 aromatic carbocycles. The highest BCUT2D eigenvalue weighted by Gasteiger charge is 2.31. The first-order valence-corrected chi connectivity index (χ1v) is 6.31. The van der Waals surface area contributed by atoms with Crippen LogP contribution in [0.5, 0.6) is 17.2 Å². The number of anilines is 2. The molecule has 22 heavy (non-hydrogen) atoms. The van der Waals surface area contributed by atoms with Crippen LogP contribution in [0.3, 0.4) is 0 Å². The van der Waals surface area contributed by atoms with Gasteiger partial charge in [0.15, 0.2) is 17.3 Å². The zero-order valence-corrected chi connectivity index (χ0v) is 11.3. The Morgan fingerprint density at radius 3 is 2.55 bits per heavy atom. The molecule has 7 heteroatoms. The maximum atomic E-state index is 12.2. The van der Waals surface area contributed by atoms with Gasteiger partial charge in [0.2, 0.25) is 0 Å². The Labute approximate surface area is 123 Å². The summed E-state index contributed by atoms with van der Waals surface area (Å²) in [5.41, 5.74) is 1.57. The standard InChI is InChI=1S/C15H10F3NO3/c1-8(20)9-2-5-13-12(6-9)19-11-4-3-10(7-14(11)21-13)22-15(16,17)18/h2-7,19H,1H3. The van der Waals surface area contributed by atoms with E-state index in [-0.39, 0.29) is 17.3 Å². The van der Waals surface area contributed by atoms with Crippen LogP contribution >= 0.6 is 0 Å². The Kier molecular flexibility index (Phi) is 3.20. The van der Waals surface area contributed by atoms with Crippen molar-refractivity contribution in [2.24, 2.45) is 0 Å². The number of carbonyl (C=O) groups excluding carboxylic acids is 1. The number of fused-ring (bicyclic) bond motifs is 2. The average Bonchev–Trinajstić information content (AvgIpc) is 2.42. The van der Waals surface area contributed by atoms with Crippen molar-refractivity contribution >= 4 is 17.2 Å². The van der Waals surface area contributed by atoms with Gasteiger partial charge in [-0.05, 0) is 37.3 Å². The van der Waals surface area contributed by atoms with Crippen LogP contribution in [0.25, 0.3) is 0 Å². The normalized spacial score (nSPS) is 12.5. The van der Waals surface area contributed by atoms with E-state index in [1.54, 1.807) is 18.2 Å². The van der Waals surface area contributed by atoms with E-state index in [4.69, 9.17) is 4.74 Å². The van der Waals surface area contributed by atoms with E-state index in [1.807, 2.05) is 0 Å². The summed E-state index contributed by atoms with van der Waals surface area (Å²) in [6.45, 7) is 1.44. The molecule has 0 bridgehead atoms. The number of carbonyl (C=O) groups is 1. The Hall–Kier alpha value is -2.70. The Bertz CT molecular complexity index is 756. The number of hydrogen-bond donors (Lipinski definition) is 1. The monoisotopic (exact) mass is 309 g/mol. The van der Waals surface area contributed by atoms with Gasteiger partial charge in [0.25, 0.3) is 0 Å². The van der Waals surface area contributed by atoms with Gasteiger partial charge in [0.05, 0.1) is 11.4 Å². The summed E-state index contributed by atoms with van der Waals surface area (Å²) < 4.78 is 46.1. The van der Waals surface area contributed by atoms with Gasteiger partial charge in [-0.15, -0.1) is 13.2 Å². The van der Waals surface area contributed by atoms with E-state index in [9.17, 15) is 18.0 Å². The SMILES string of the molecule is CC(=O)c1ccc2c(c1)Nc1ccc(OC(F)(F)F)cc1O2. The molecule has 0 radical (unpaired) electrons. The van der Waals surface area contributed by atoms with Gasteiger partial charge in [-0.3, -0.25) is 4.79 Å². The number of nitrogens with one attached hydrogen (secondary N) is 1. The van der Waals surface area contributed by atoms with Crippen LogP contribution in [0.4, 0.5) is 24.5 Å². The zero-order chi connectivity index (χ0) is 15.9. The summed E-state index contributed by atoms with van der Waals surface area (Å²) in [4.78, 5) is 11.4. The highest BCUT2D eigenvalue weighted by Crippen LogP contribution is 2.44. The maximum Gasteiger partial charge on any atom is 0.573 e. The molecule has 0 amide bonds. The van der Waals surface area contributed by atoms with Crippen molar-refractivity contribution in [2.45, 2.75) is 13.3 Å². The molecule has 3 rings (SSSR count). The van der Waals surface area contributed by atoms with Gasteiger partial charge in [0.1, 0.15) is 5.75 Å². The molecule has 0 spiro atoms. The third kappa shape index (κ3) is 2.83. The van der Waals surface area contributed by atoms with E-state index in [1.165, 1.54) is 19.1 Å². The fraction of sp³-hybridized carbons (Fsp3) is 0.133. The second kappa shape index (κ2) is 4.94. The molecule has 0 fully saturated rings. The summed E-state index contributed by atoms with van der Waals surface area (Å²) in [7, 11) is 0. The van der Waals surface area contributed by atoms with Crippen LogP contribution in [0.1, 0.15) is 17.3 Å². The van der Waals surface area contributed by atoms with E-state index >= 15 is 0 Å². The lowest BCUT2D eigenvalue weighted by atomic mass is 10.1. The fourth-order valence-electron chi connectivity index (χ4n) is 2.09. The molecule has 0 aliphatic carbocycles. The van der Waals surface area contributed by atoms with Crippen molar-refractivity contribution in [3.05, 3.63) is 42.0 Å². The molecule has 0 atom stereocenters. The van der Waals surface area contributed by atoms with Crippen LogP contribution in [-0.4, -0.2) is 12.1 Å². The van der Waals surface area contributed by atoms with E-state index in [0.717, 1.165) is 6.07 Å². The molecule has 114 valence electrons. The Morgan fingerprint density at radius 2 is 1.86 bits per heavy atom. The van der Waals surface area contributed by atoms with Crippen molar-refractivity contribution in [2.75, 3.05) is 5.32 Å². The van der Waals surface area contributed by atoms with E-state index < -0.39 is 6.36 Å². The van der Waals surface area contributed by atoms with Crippen molar-refractivity contribution in [1.29, 1.82) is 0 Å². The molecule has 1 aliphatic rings. The molecule has 0 aromatic heterocycles. The van der Waals surface area contributed by atoms with E-state index in [2.05, 4.69) is 10.1 Å². The number of ether oxygens (including phenoxy) is 2. The second-order valence-corrected chi connectivity index (χ2v) is 4.70. The minimum absolute atomic E-state index is 0.0932. The second-order valence-electron chi connectivity index (χ2n) is 4.70. The van der Waals surface area contributed by atoms with E-state index in [0.29, 0.717) is 22.7 Å². The molecule has 2 aromatic rings. The van der Waals surface area contributed by atoms with Crippen molar-refractivity contribution in [1.82, 2.24) is 0 Å². The van der Waals surface area contributed by atoms with Gasteiger partial charge in [-0.1, -0.05) is 0 Å². The van der Waals surface area contributed by atoms with Gasteiger partial charge < -0.3 is 14.8 Å². The number of halogens is 3. The van der Waals surface area contributed by atoms with Crippen molar-refractivity contribution in [3.63, 3.8) is 0 Å². The Morgan fingerprint density at radius 1 is 1.09 bits per heavy atom. The molecule has 0 saturated heterocycles. The molecule has 4 nitrogen and oxygen atoms in total. The number of ketones is 1. The number of rotatable bonds is 2. The van der Waals surface area contributed by atoms with Gasteiger partial charge in [-0.25, -0.2) is 0 Å². The van der Waals surface area contributed by atoms with Gasteiger partial charge >= 0.3 is 6.36 Å². The lowest BCUT2D eigenvalue weighted by Crippen LogP contribution is -2.17. The molecule has 1 heterocycles. The lowest BCUT2D eigenvalue weighted by Gasteiger charge is -2.22. The third-order valence-electron chi connectivity index (χ3n) is 3.06. The van der Waals surface area contributed by atoms with Crippen molar-refractivity contribution < 1.29 is 27.4 Å². The van der Waals surface area contributed by atoms with Gasteiger partial charge in [0, 0.05) is 11.6 Å². The number of benzene rings is 2. The summed E-state index contributed by atoms with van der Waals surface area (Å²) in [5.74, 6) is 0.174. The number of alkyl halides is 3. The topological polar surface area (TPSA) is 47.6 Å². The van der Waals surface area contributed by atoms with Crippen LogP contribution in [0, 0.1) is 0 Å². The predicted molar refractivity (Wildman–Crippen MR) is 72.9 cm³/mol. The molecular formula is C15H10F3NO3. The molecular weight excluding hydrogens is 299 g/mol. The fourth-order valence-corrected chi connectivity index (χ4v) is 2.09. The summed E-state index contributed by atoms with van der Waals surface area (Å²) in [5, 5.41) is 3.01. The van der Waals surface area contributed by atoms with Crippen LogP contribution < -0.4 is 14.8 Å². The first-order chi connectivity index (χ1) is 10.3. The zero-order valence-electron chi connectivity index (χ0n) is 11.3. The average molecular weight is 309 g/mol. The number of hydrogen-bond acceptors (Lipinski definition) is 4. The summed E-state index contributed by atoms with van der Waals surface area (Å²) >= 11 is 0. The molecule has 0 unspecified atom stereocenters. The first kappa shape index (κ1) is 14.2. The lowest BCUT2D eigenvalue weighted by molar-refractivity contribution is -0.274. The van der Waals surface area contributed by atoms with Crippen LogP contribution in [-0.2, 0) is 0 Å². The minimum atomic E-state index is -4.76. The summed E-state index contributed by atoms with van der Waals surface area (Å²) in [6.07, 6.45) is -4.76.